The number of hydrogen-bond donors (Lipinski definition) is 2. The molecule has 0 saturated carbocycles. The Morgan fingerprint density at radius 2 is 2.33 bits per heavy atom. The lowest BCUT2D eigenvalue weighted by molar-refractivity contribution is 0.0759. The highest BCUT2D eigenvalue weighted by atomic mass is 19.1. The van der Waals surface area contributed by atoms with Crippen LogP contribution in [-0.2, 0) is 4.74 Å². The monoisotopic (exact) mass is 211 g/mol. The minimum absolute atomic E-state index is 0.117. The van der Waals surface area contributed by atoms with Crippen LogP contribution in [0.15, 0.2) is 12.1 Å². The van der Waals surface area contributed by atoms with E-state index in [1.165, 1.54) is 6.07 Å². The Hall–Kier alpha value is -1.13. The Bertz CT molecular complexity index is 362. The molecule has 15 heavy (non-hydrogen) atoms. The summed E-state index contributed by atoms with van der Waals surface area (Å²) in [5, 5.41) is 12.8. The molecule has 1 atom stereocenters. The van der Waals surface area contributed by atoms with E-state index in [0.29, 0.717) is 18.8 Å². The third kappa shape index (κ3) is 2.11. The van der Waals surface area contributed by atoms with E-state index in [4.69, 9.17) is 4.74 Å². The van der Waals surface area contributed by atoms with E-state index >= 15 is 0 Å². The highest BCUT2D eigenvalue weighted by molar-refractivity contribution is 5.39. The average molecular weight is 211 g/mol. The average Bonchev–Trinajstić information content (AvgIpc) is 2.24. The lowest BCUT2D eigenvalue weighted by atomic mass is 10.0. The summed E-state index contributed by atoms with van der Waals surface area (Å²) in [6.07, 6.45) is 0. The predicted molar refractivity (Wildman–Crippen MR) is 54.4 cm³/mol. The summed E-state index contributed by atoms with van der Waals surface area (Å²) in [6.45, 7) is 3.65. The van der Waals surface area contributed by atoms with Gasteiger partial charge in [-0.1, -0.05) is 6.07 Å². The first-order valence-corrected chi connectivity index (χ1v) is 4.98. The minimum Gasteiger partial charge on any atom is -0.505 e. The normalized spacial score (nSPS) is 21.6. The fourth-order valence-corrected chi connectivity index (χ4v) is 1.79. The van der Waals surface area contributed by atoms with Gasteiger partial charge >= 0.3 is 0 Å². The molecule has 0 radical (unpaired) electrons. The highest BCUT2D eigenvalue weighted by Gasteiger charge is 2.20. The van der Waals surface area contributed by atoms with Crippen molar-refractivity contribution in [1.29, 1.82) is 0 Å². The molecule has 0 aliphatic carbocycles. The van der Waals surface area contributed by atoms with Crippen molar-refractivity contribution < 1.29 is 14.2 Å². The van der Waals surface area contributed by atoms with Gasteiger partial charge in [-0.2, -0.15) is 0 Å². The fraction of sp³-hybridized carbons (Fsp3) is 0.455. The minimum atomic E-state index is -0.572. The van der Waals surface area contributed by atoms with Crippen molar-refractivity contribution in [2.75, 3.05) is 19.8 Å². The summed E-state index contributed by atoms with van der Waals surface area (Å²) in [7, 11) is 0. The van der Waals surface area contributed by atoms with Crippen molar-refractivity contribution in [3.8, 4) is 5.75 Å². The maximum Gasteiger partial charge on any atom is 0.165 e. The number of rotatable bonds is 1. The SMILES string of the molecule is Cc1cc(F)c(O)c([C@H]2COCCN2)c1. The standard InChI is InChI=1S/C11H14FNO2/c1-7-4-8(11(14)9(12)5-7)10-6-15-3-2-13-10/h4-5,10,13-14H,2-3,6H2,1H3/t10-/m1/s1. The Morgan fingerprint density at radius 3 is 3.00 bits per heavy atom. The molecule has 1 fully saturated rings. The summed E-state index contributed by atoms with van der Waals surface area (Å²) in [6, 6.07) is 2.99. The molecular formula is C11H14FNO2. The largest absolute Gasteiger partial charge is 0.505 e. The number of phenolic OH excluding ortho intramolecular Hbond substituents is 1. The quantitative estimate of drug-likeness (QED) is 0.739. The summed E-state index contributed by atoms with van der Waals surface area (Å²) >= 11 is 0. The van der Waals surface area contributed by atoms with Crippen molar-refractivity contribution in [3.05, 3.63) is 29.1 Å². The van der Waals surface area contributed by atoms with Gasteiger partial charge in [0.1, 0.15) is 0 Å². The van der Waals surface area contributed by atoms with Crippen LogP contribution in [0.1, 0.15) is 17.2 Å². The molecule has 82 valence electrons. The second-order valence-corrected chi connectivity index (χ2v) is 3.77. The van der Waals surface area contributed by atoms with Crippen molar-refractivity contribution >= 4 is 0 Å². The molecule has 1 saturated heterocycles. The number of halogens is 1. The lowest BCUT2D eigenvalue weighted by Gasteiger charge is -2.25. The van der Waals surface area contributed by atoms with Crippen molar-refractivity contribution in [1.82, 2.24) is 5.32 Å². The van der Waals surface area contributed by atoms with Crippen LogP contribution in [0.3, 0.4) is 0 Å². The first kappa shape index (κ1) is 10.4. The third-order valence-electron chi connectivity index (χ3n) is 2.53. The van der Waals surface area contributed by atoms with Gasteiger partial charge in [0, 0.05) is 12.1 Å². The van der Waals surface area contributed by atoms with E-state index in [2.05, 4.69) is 5.32 Å². The molecule has 0 amide bonds. The molecule has 1 aliphatic heterocycles. The molecule has 0 bridgehead atoms. The number of aryl methyl sites for hydroxylation is 1. The van der Waals surface area contributed by atoms with Gasteiger partial charge in [-0.15, -0.1) is 0 Å². The van der Waals surface area contributed by atoms with Crippen LogP contribution >= 0.6 is 0 Å². The Labute approximate surface area is 87.9 Å². The molecule has 3 nitrogen and oxygen atoms in total. The number of benzene rings is 1. The number of ether oxygens (including phenoxy) is 1. The molecule has 4 heteroatoms. The first-order chi connectivity index (χ1) is 7.18. The molecule has 1 heterocycles. The molecule has 1 aliphatic rings. The molecule has 1 aromatic rings. The second-order valence-electron chi connectivity index (χ2n) is 3.77. The predicted octanol–water partition coefficient (Wildman–Crippen LogP) is 1.50. The van der Waals surface area contributed by atoms with Crippen LogP contribution in [0.2, 0.25) is 0 Å². The van der Waals surface area contributed by atoms with Crippen LogP contribution in [-0.4, -0.2) is 24.9 Å². The second kappa shape index (κ2) is 4.16. The number of hydrogen-bond acceptors (Lipinski definition) is 3. The topological polar surface area (TPSA) is 41.5 Å². The van der Waals surface area contributed by atoms with Gasteiger partial charge in [0.25, 0.3) is 0 Å². The molecular weight excluding hydrogens is 197 g/mol. The van der Waals surface area contributed by atoms with Gasteiger partial charge in [-0.3, -0.25) is 0 Å². The lowest BCUT2D eigenvalue weighted by Crippen LogP contribution is -2.34. The van der Waals surface area contributed by atoms with Crippen LogP contribution in [0, 0.1) is 12.7 Å². The van der Waals surface area contributed by atoms with Crippen LogP contribution in [0.5, 0.6) is 5.75 Å². The van der Waals surface area contributed by atoms with E-state index in [-0.39, 0.29) is 11.8 Å². The molecule has 1 aromatic carbocycles. The van der Waals surface area contributed by atoms with Crippen molar-refractivity contribution in [2.24, 2.45) is 0 Å². The molecule has 0 spiro atoms. The summed E-state index contributed by atoms with van der Waals surface area (Å²) in [4.78, 5) is 0. The maximum atomic E-state index is 13.3. The van der Waals surface area contributed by atoms with E-state index in [0.717, 1.165) is 12.1 Å². The number of aromatic hydroxyl groups is 1. The number of phenols is 1. The zero-order chi connectivity index (χ0) is 10.8. The van der Waals surface area contributed by atoms with Gasteiger partial charge < -0.3 is 15.2 Å². The van der Waals surface area contributed by atoms with E-state index in [1.807, 2.05) is 0 Å². The zero-order valence-corrected chi connectivity index (χ0v) is 8.59. The molecule has 0 unspecified atom stereocenters. The van der Waals surface area contributed by atoms with Gasteiger partial charge in [-0.25, -0.2) is 4.39 Å². The van der Waals surface area contributed by atoms with Gasteiger partial charge in [0.05, 0.1) is 19.3 Å². The molecule has 0 aromatic heterocycles. The smallest absolute Gasteiger partial charge is 0.165 e. The zero-order valence-electron chi connectivity index (χ0n) is 8.59. The Morgan fingerprint density at radius 1 is 1.53 bits per heavy atom. The van der Waals surface area contributed by atoms with Gasteiger partial charge in [0.2, 0.25) is 0 Å². The summed E-state index contributed by atoms with van der Waals surface area (Å²) < 4.78 is 18.6. The Balaban J connectivity index is 2.33. The van der Waals surface area contributed by atoms with Crippen LogP contribution < -0.4 is 5.32 Å². The van der Waals surface area contributed by atoms with Gasteiger partial charge in [0.15, 0.2) is 11.6 Å². The van der Waals surface area contributed by atoms with Crippen LogP contribution in [0.4, 0.5) is 4.39 Å². The van der Waals surface area contributed by atoms with E-state index < -0.39 is 5.82 Å². The van der Waals surface area contributed by atoms with E-state index in [1.54, 1.807) is 13.0 Å². The van der Waals surface area contributed by atoms with Gasteiger partial charge in [-0.05, 0) is 18.6 Å². The van der Waals surface area contributed by atoms with Crippen LogP contribution in [0.25, 0.3) is 0 Å². The van der Waals surface area contributed by atoms with Crippen molar-refractivity contribution in [3.63, 3.8) is 0 Å². The van der Waals surface area contributed by atoms with E-state index in [9.17, 15) is 9.50 Å². The molecule has 2 rings (SSSR count). The fourth-order valence-electron chi connectivity index (χ4n) is 1.79. The Kier molecular flexibility index (Phi) is 2.88. The summed E-state index contributed by atoms with van der Waals surface area (Å²) in [5.41, 5.74) is 1.37. The highest BCUT2D eigenvalue weighted by Crippen LogP contribution is 2.29. The third-order valence-corrected chi connectivity index (χ3v) is 2.53. The number of morpholine rings is 1. The van der Waals surface area contributed by atoms with Crippen molar-refractivity contribution in [2.45, 2.75) is 13.0 Å². The summed E-state index contributed by atoms with van der Waals surface area (Å²) in [5.74, 6) is -0.846. The first-order valence-electron chi connectivity index (χ1n) is 4.98. The molecule has 2 N–H and O–H groups in total. The maximum absolute atomic E-state index is 13.3. The number of nitrogens with one attached hydrogen (secondary N) is 1.